The van der Waals surface area contributed by atoms with E-state index in [4.69, 9.17) is 5.73 Å². The van der Waals surface area contributed by atoms with Crippen LogP contribution in [-0.2, 0) is 4.79 Å². The highest BCUT2D eigenvalue weighted by molar-refractivity contribution is 5.79. The van der Waals surface area contributed by atoms with Gasteiger partial charge < -0.3 is 10.6 Å². The van der Waals surface area contributed by atoms with Crippen LogP contribution in [0.4, 0.5) is 0 Å². The first-order chi connectivity index (χ1) is 7.56. The number of likely N-dealkylation sites (N-methyl/N-ethyl adjacent to an activating group) is 1. The van der Waals surface area contributed by atoms with Crippen LogP contribution >= 0.6 is 0 Å². The summed E-state index contributed by atoms with van der Waals surface area (Å²) in [6, 6.07) is -0.151. The second-order valence-corrected chi connectivity index (χ2v) is 4.09. The fourth-order valence-electron chi connectivity index (χ4n) is 1.84. The van der Waals surface area contributed by atoms with Crippen molar-refractivity contribution in [2.24, 2.45) is 5.73 Å². The molecule has 0 saturated carbocycles. The van der Waals surface area contributed by atoms with E-state index in [1.165, 1.54) is 0 Å². The third-order valence-electron chi connectivity index (χ3n) is 3.18. The van der Waals surface area contributed by atoms with E-state index in [1.807, 2.05) is 6.92 Å². The first-order valence-electron chi connectivity index (χ1n) is 6.32. The molecule has 0 aromatic carbocycles. The van der Waals surface area contributed by atoms with Crippen LogP contribution in [0.15, 0.2) is 0 Å². The van der Waals surface area contributed by atoms with Crippen LogP contribution in [0.2, 0.25) is 0 Å². The molecule has 0 aliphatic rings. The van der Waals surface area contributed by atoms with Crippen LogP contribution in [0.3, 0.4) is 0 Å². The van der Waals surface area contributed by atoms with Crippen molar-refractivity contribution in [1.82, 2.24) is 9.80 Å². The molecule has 16 heavy (non-hydrogen) atoms. The van der Waals surface area contributed by atoms with Gasteiger partial charge in [-0.1, -0.05) is 20.8 Å². The summed E-state index contributed by atoms with van der Waals surface area (Å²) in [7, 11) is 0. The van der Waals surface area contributed by atoms with Gasteiger partial charge in [0, 0.05) is 6.54 Å². The summed E-state index contributed by atoms with van der Waals surface area (Å²) in [5.41, 5.74) is 5.31. The minimum absolute atomic E-state index is 0.151. The van der Waals surface area contributed by atoms with Crippen molar-refractivity contribution in [1.29, 1.82) is 0 Å². The fourth-order valence-corrected chi connectivity index (χ4v) is 1.84. The molecule has 1 atom stereocenters. The molecule has 0 saturated heterocycles. The third-order valence-corrected chi connectivity index (χ3v) is 3.18. The summed E-state index contributed by atoms with van der Waals surface area (Å²) in [5.74, 6) is -0.232. The first-order valence-corrected chi connectivity index (χ1v) is 6.32. The van der Waals surface area contributed by atoms with Crippen LogP contribution in [0.1, 0.15) is 34.1 Å². The van der Waals surface area contributed by atoms with Crippen molar-refractivity contribution in [2.75, 3.05) is 32.7 Å². The summed E-state index contributed by atoms with van der Waals surface area (Å²) >= 11 is 0. The number of rotatable bonds is 9. The second-order valence-electron chi connectivity index (χ2n) is 4.09. The Morgan fingerprint density at radius 1 is 1.12 bits per heavy atom. The van der Waals surface area contributed by atoms with Gasteiger partial charge in [0.1, 0.15) is 0 Å². The smallest absolute Gasteiger partial charge is 0.234 e. The van der Waals surface area contributed by atoms with Crippen LogP contribution in [0.5, 0.6) is 0 Å². The summed E-state index contributed by atoms with van der Waals surface area (Å²) in [5, 5.41) is 0. The summed E-state index contributed by atoms with van der Waals surface area (Å²) < 4.78 is 0. The lowest BCUT2D eigenvalue weighted by molar-refractivity contribution is -0.122. The molecule has 0 heterocycles. The molecule has 2 N–H and O–H groups in total. The first kappa shape index (κ1) is 15.4. The van der Waals surface area contributed by atoms with E-state index in [-0.39, 0.29) is 11.9 Å². The van der Waals surface area contributed by atoms with Crippen molar-refractivity contribution in [2.45, 2.75) is 40.2 Å². The Kier molecular flexibility index (Phi) is 8.21. The number of carbonyl (C=O) groups is 1. The van der Waals surface area contributed by atoms with E-state index in [9.17, 15) is 4.79 Å². The fraction of sp³-hybridized carbons (Fsp3) is 0.917. The zero-order chi connectivity index (χ0) is 12.6. The highest BCUT2D eigenvalue weighted by atomic mass is 16.1. The number of amides is 1. The molecular formula is C12H27N3O. The predicted molar refractivity (Wildman–Crippen MR) is 68.3 cm³/mol. The van der Waals surface area contributed by atoms with E-state index in [0.29, 0.717) is 0 Å². The normalized spacial score (nSPS) is 13.4. The van der Waals surface area contributed by atoms with Crippen molar-refractivity contribution in [3.05, 3.63) is 0 Å². The van der Waals surface area contributed by atoms with Gasteiger partial charge in [0.05, 0.1) is 6.04 Å². The van der Waals surface area contributed by atoms with Gasteiger partial charge in [0.15, 0.2) is 0 Å². The van der Waals surface area contributed by atoms with E-state index in [2.05, 4.69) is 30.6 Å². The van der Waals surface area contributed by atoms with Gasteiger partial charge in [-0.25, -0.2) is 0 Å². The van der Waals surface area contributed by atoms with Crippen molar-refractivity contribution in [3.8, 4) is 0 Å². The van der Waals surface area contributed by atoms with Gasteiger partial charge in [-0.2, -0.15) is 0 Å². The highest BCUT2D eigenvalue weighted by Gasteiger charge is 2.16. The Hall–Kier alpha value is -0.610. The largest absolute Gasteiger partial charge is 0.368 e. The lowest BCUT2D eigenvalue weighted by atomic mass is 10.2. The molecule has 0 spiro atoms. The molecule has 96 valence electrons. The number of nitrogens with two attached hydrogens (primary N) is 1. The Morgan fingerprint density at radius 2 is 1.69 bits per heavy atom. The molecule has 0 rings (SSSR count). The van der Waals surface area contributed by atoms with E-state index < -0.39 is 0 Å². The average Bonchev–Trinajstić information content (AvgIpc) is 2.28. The summed E-state index contributed by atoms with van der Waals surface area (Å²) in [6.45, 7) is 13.4. The Labute approximate surface area is 99.8 Å². The molecule has 0 aromatic rings. The SMILES string of the molecule is CCN(CC)CCCN(CC)C(C)C(N)=O. The van der Waals surface area contributed by atoms with Crippen LogP contribution in [0, 0.1) is 0 Å². The molecule has 0 aliphatic carbocycles. The lowest BCUT2D eigenvalue weighted by Crippen LogP contribution is -2.43. The van der Waals surface area contributed by atoms with Crippen molar-refractivity contribution in [3.63, 3.8) is 0 Å². The van der Waals surface area contributed by atoms with Gasteiger partial charge in [-0.05, 0) is 39.5 Å². The van der Waals surface area contributed by atoms with E-state index in [0.717, 1.165) is 39.1 Å². The molecule has 0 radical (unpaired) electrons. The predicted octanol–water partition coefficient (Wildman–Crippen LogP) is 0.914. The quantitative estimate of drug-likeness (QED) is 0.639. The molecule has 0 fully saturated rings. The Bertz CT molecular complexity index is 193. The summed E-state index contributed by atoms with van der Waals surface area (Å²) in [6.07, 6.45) is 1.09. The number of nitrogens with zero attached hydrogens (tertiary/aromatic N) is 2. The van der Waals surface area contributed by atoms with E-state index in [1.54, 1.807) is 0 Å². The topological polar surface area (TPSA) is 49.6 Å². The minimum atomic E-state index is -0.232. The van der Waals surface area contributed by atoms with E-state index >= 15 is 0 Å². The van der Waals surface area contributed by atoms with Gasteiger partial charge in [0.25, 0.3) is 0 Å². The number of carbonyl (C=O) groups excluding carboxylic acids is 1. The molecule has 4 heteroatoms. The van der Waals surface area contributed by atoms with Gasteiger partial charge in [-0.3, -0.25) is 9.69 Å². The third kappa shape index (κ3) is 5.47. The van der Waals surface area contributed by atoms with Crippen LogP contribution < -0.4 is 5.73 Å². The molecule has 0 aliphatic heterocycles. The zero-order valence-electron chi connectivity index (χ0n) is 11.2. The zero-order valence-corrected chi connectivity index (χ0v) is 11.2. The molecule has 0 aromatic heterocycles. The maximum absolute atomic E-state index is 11.1. The maximum atomic E-state index is 11.1. The monoisotopic (exact) mass is 229 g/mol. The molecule has 4 nitrogen and oxygen atoms in total. The van der Waals surface area contributed by atoms with Gasteiger partial charge >= 0.3 is 0 Å². The lowest BCUT2D eigenvalue weighted by Gasteiger charge is -2.26. The number of primary amides is 1. The maximum Gasteiger partial charge on any atom is 0.234 e. The van der Waals surface area contributed by atoms with Gasteiger partial charge in [-0.15, -0.1) is 0 Å². The highest BCUT2D eigenvalue weighted by Crippen LogP contribution is 2.01. The Morgan fingerprint density at radius 3 is 2.06 bits per heavy atom. The van der Waals surface area contributed by atoms with Crippen molar-refractivity contribution >= 4 is 5.91 Å². The number of hydrogen-bond acceptors (Lipinski definition) is 3. The van der Waals surface area contributed by atoms with Crippen LogP contribution in [0.25, 0.3) is 0 Å². The standard InChI is InChI=1S/C12H27N3O/c1-5-14(6-2)9-8-10-15(7-3)11(4)12(13)16/h11H,5-10H2,1-4H3,(H2,13,16). The number of hydrogen-bond donors (Lipinski definition) is 1. The minimum Gasteiger partial charge on any atom is -0.368 e. The average molecular weight is 229 g/mol. The van der Waals surface area contributed by atoms with Crippen molar-refractivity contribution < 1.29 is 4.79 Å². The molecule has 1 amide bonds. The second kappa shape index (κ2) is 8.53. The summed E-state index contributed by atoms with van der Waals surface area (Å²) in [4.78, 5) is 15.6. The molecule has 1 unspecified atom stereocenters. The van der Waals surface area contributed by atoms with Crippen LogP contribution in [-0.4, -0.2) is 54.5 Å². The van der Waals surface area contributed by atoms with Gasteiger partial charge in [0.2, 0.25) is 5.91 Å². The molecular weight excluding hydrogens is 202 g/mol. The Balaban J connectivity index is 3.91. The molecule has 0 bridgehead atoms.